The van der Waals surface area contributed by atoms with Crippen LogP contribution in [-0.4, -0.2) is 36.9 Å². The minimum absolute atomic E-state index is 0.0635. The molecule has 0 bridgehead atoms. The predicted molar refractivity (Wildman–Crippen MR) is 124 cm³/mol. The van der Waals surface area contributed by atoms with Gasteiger partial charge in [0.25, 0.3) is 0 Å². The maximum Gasteiger partial charge on any atom is 0.233 e. The SMILES string of the molecule is Cc1ccccc1-n1c(SC(C)C(=O)NC2CCCCC2C)nnc1-c1ccncc1. The third-order valence-corrected chi connectivity index (χ3v) is 7.06. The van der Waals surface area contributed by atoms with Gasteiger partial charge in [0.15, 0.2) is 11.0 Å². The lowest BCUT2D eigenvalue weighted by molar-refractivity contribution is -0.121. The Kier molecular flexibility index (Phi) is 6.70. The molecule has 1 N–H and O–H groups in total. The lowest BCUT2D eigenvalue weighted by Crippen LogP contribution is -2.44. The van der Waals surface area contributed by atoms with Crippen LogP contribution in [0.3, 0.4) is 0 Å². The van der Waals surface area contributed by atoms with Crippen molar-refractivity contribution >= 4 is 17.7 Å². The maximum absolute atomic E-state index is 13.0. The zero-order chi connectivity index (χ0) is 21.8. The van der Waals surface area contributed by atoms with Crippen LogP contribution in [0.25, 0.3) is 17.1 Å². The van der Waals surface area contributed by atoms with Crippen molar-refractivity contribution in [3.8, 4) is 17.1 Å². The lowest BCUT2D eigenvalue weighted by atomic mass is 9.86. The summed E-state index contributed by atoms with van der Waals surface area (Å²) in [4.78, 5) is 17.1. The number of amides is 1. The van der Waals surface area contributed by atoms with Gasteiger partial charge in [0, 0.05) is 24.0 Å². The van der Waals surface area contributed by atoms with Gasteiger partial charge in [-0.15, -0.1) is 10.2 Å². The second-order valence-electron chi connectivity index (χ2n) is 8.30. The standard InChI is InChI=1S/C24H29N5OS/c1-16-8-4-6-10-20(16)26-23(30)18(3)31-24-28-27-22(19-12-14-25-15-13-19)29(24)21-11-7-5-9-17(21)2/h5,7,9,11-16,18,20H,4,6,8,10H2,1-3H3,(H,26,30). The number of rotatable bonds is 6. The van der Waals surface area contributed by atoms with Crippen molar-refractivity contribution in [2.24, 2.45) is 5.92 Å². The van der Waals surface area contributed by atoms with Gasteiger partial charge in [-0.3, -0.25) is 14.3 Å². The number of nitrogens with zero attached hydrogens (tertiary/aromatic N) is 4. The van der Waals surface area contributed by atoms with E-state index in [0.29, 0.717) is 11.1 Å². The number of carbonyl (C=O) groups is 1. The molecule has 1 aromatic carbocycles. The van der Waals surface area contributed by atoms with Crippen LogP contribution in [-0.2, 0) is 4.79 Å². The molecule has 7 heteroatoms. The van der Waals surface area contributed by atoms with Crippen molar-refractivity contribution in [3.63, 3.8) is 0 Å². The van der Waals surface area contributed by atoms with E-state index in [0.717, 1.165) is 29.1 Å². The van der Waals surface area contributed by atoms with E-state index in [9.17, 15) is 4.79 Å². The van der Waals surface area contributed by atoms with Gasteiger partial charge in [-0.1, -0.05) is 49.7 Å². The first-order valence-electron chi connectivity index (χ1n) is 10.9. The number of pyridine rings is 1. The Morgan fingerprint density at radius 3 is 2.61 bits per heavy atom. The van der Waals surface area contributed by atoms with Crippen molar-refractivity contribution in [1.29, 1.82) is 0 Å². The Morgan fingerprint density at radius 2 is 1.87 bits per heavy atom. The average molecular weight is 436 g/mol. The van der Waals surface area contributed by atoms with Crippen molar-refractivity contribution in [2.75, 3.05) is 0 Å². The number of hydrogen-bond acceptors (Lipinski definition) is 5. The van der Waals surface area contributed by atoms with Gasteiger partial charge in [-0.2, -0.15) is 0 Å². The van der Waals surface area contributed by atoms with Gasteiger partial charge >= 0.3 is 0 Å². The van der Waals surface area contributed by atoms with Crippen LogP contribution in [0.1, 0.15) is 45.1 Å². The van der Waals surface area contributed by atoms with Gasteiger partial charge in [0.1, 0.15) is 0 Å². The fourth-order valence-electron chi connectivity index (χ4n) is 4.11. The number of thioether (sulfide) groups is 1. The van der Waals surface area contributed by atoms with E-state index in [1.165, 1.54) is 31.0 Å². The van der Waals surface area contributed by atoms with Crippen molar-refractivity contribution in [1.82, 2.24) is 25.1 Å². The molecule has 6 nitrogen and oxygen atoms in total. The van der Waals surface area contributed by atoms with E-state index in [2.05, 4.69) is 46.5 Å². The Morgan fingerprint density at radius 1 is 1.13 bits per heavy atom. The van der Waals surface area contributed by atoms with Crippen molar-refractivity contribution in [3.05, 3.63) is 54.4 Å². The first-order valence-corrected chi connectivity index (χ1v) is 11.8. The predicted octanol–water partition coefficient (Wildman–Crippen LogP) is 4.81. The van der Waals surface area contributed by atoms with Crippen LogP contribution in [0, 0.1) is 12.8 Å². The third kappa shape index (κ3) is 4.82. The van der Waals surface area contributed by atoms with E-state index in [1.54, 1.807) is 12.4 Å². The topological polar surface area (TPSA) is 72.7 Å². The maximum atomic E-state index is 13.0. The highest BCUT2D eigenvalue weighted by Crippen LogP contribution is 2.31. The fourth-order valence-corrected chi connectivity index (χ4v) is 4.98. The highest BCUT2D eigenvalue weighted by Gasteiger charge is 2.27. The molecular formula is C24H29N5OS. The second-order valence-corrected chi connectivity index (χ2v) is 9.61. The van der Waals surface area contributed by atoms with Crippen molar-refractivity contribution in [2.45, 2.75) is 62.9 Å². The van der Waals surface area contributed by atoms with Crippen molar-refractivity contribution < 1.29 is 4.79 Å². The number of aromatic nitrogens is 4. The van der Waals surface area contributed by atoms with Gasteiger partial charge in [0.2, 0.25) is 5.91 Å². The summed E-state index contributed by atoms with van der Waals surface area (Å²) in [5.41, 5.74) is 3.06. The first-order chi connectivity index (χ1) is 15.0. The van der Waals surface area contributed by atoms with Gasteiger partial charge in [-0.05, 0) is 56.4 Å². The first kappa shape index (κ1) is 21.6. The smallest absolute Gasteiger partial charge is 0.233 e. The second kappa shape index (κ2) is 9.64. The molecule has 31 heavy (non-hydrogen) atoms. The molecule has 2 heterocycles. The molecule has 162 valence electrons. The number of aryl methyl sites for hydroxylation is 1. The molecule has 0 saturated heterocycles. The van der Waals surface area contributed by atoms with E-state index < -0.39 is 0 Å². The Balaban J connectivity index is 1.61. The molecule has 1 fully saturated rings. The summed E-state index contributed by atoms with van der Waals surface area (Å²) in [6.07, 6.45) is 8.20. The quantitative estimate of drug-likeness (QED) is 0.562. The lowest BCUT2D eigenvalue weighted by Gasteiger charge is -2.30. The van der Waals surface area contributed by atoms with Crippen LogP contribution in [0.2, 0.25) is 0 Å². The van der Waals surface area contributed by atoms with E-state index in [4.69, 9.17) is 0 Å². The van der Waals surface area contributed by atoms with Crippen LogP contribution < -0.4 is 5.32 Å². The molecule has 1 aliphatic carbocycles. The summed E-state index contributed by atoms with van der Waals surface area (Å²) < 4.78 is 2.04. The van der Waals surface area contributed by atoms with Crippen LogP contribution in [0.15, 0.2) is 53.9 Å². The summed E-state index contributed by atoms with van der Waals surface area (Å²) in [7, 11) is 0. The summed E-state index contributed by atoms with van der Waals surface area (Å²) in [6, 6.07) is 12.3. The number of para-hydroxylation sites is 1. The Labute approximate surface area is 187 Å². The molecule has 3 unspecified atom stereocenters. The number of hydrogen-bond donors (Lipinski definition) is 1. The molecule has 1 saturated carbocycles. The van der Waals surface area contributed by atoms with E-state index >= 15 is 0 Å². The molecule has 3 aromatic rings. The van der Waals surface area contributed by atoms with Gasteiger partial charge < -0.3 is 5.32 Å². The van der Waals surface area contributed by atoms with Crippen LogP contribution >= 0.6 is 11.8 Å². The van der Waals surface area contributed by atoms with Crippen LogP contribution in [0.4, 0.5) is 0 Å². The summed E-state index contributed by atoms with van der Waals surface area (Å²) in [5.74, 6) is 1.34. The summed E-state index contributed by atoms with van der Waals surface area (Å²) in [5, 5.41) is 12.7. The molecule has 3 atom stereocenters. The third-order valence-electron chi connectivity index (χ3n) is 6.02. The zero-order valence-electron chi connectivity index (χ0n) is 18.3. The molecule has 0 radical (unpaired) electrons. The molecule has 0 aliphatic heterocycles. The normalized spacial score (nSPS) is 19.7. The fraction of sp³-hybridized carbons (Fsp3) is 0.417. The highest BCUT2D eigenvalue weighted by molar-refractivity contribution is 8.00. The Hall–Kier alpha value is -2.67. The van der Waals surface area contributed by atoms with E-state index in [1.807, 2.05) is 35.8 Å². The number of carbonyl (C=O) groups excluding carboxylic acids is 1. The van der Waals surface area contributed by atoms with E-state index in [-0.39, 0.29) is 17.2 Å². The molecular weight excluding hydrogens is 406 g/mol. The molecule has 1 amide bonds. The minimum Gasteiger partial charge on any atom is -0.352 e. The van der Waals surface area contributed by atoms with Crippen LogP contribution in [0.5, 0.6) is 0 Å². The average Bonchev–Trinajstić information content (AvgIpc) is 3.19. The highest BCUT2D eigenvalue weighted by atomic mass is 32.2. The largest absolute Gasteiger partial charge is 0.352 e. The molecule has 0 spiro atoms. The minimum atomic E-state index is -0.272. The number of benzene rings is 1. The summed E-state index contributed by atoms with van der Waals surface area (Å²) >= 11 is 1.45. The zero-order valence-corrected chi connectivity index (χ0v) is 19.1. The molecule has 1 aliphatic rings. The van der Waals surface area contributed by atoms with Gasteiger partial charge in [0.05, 0.1) is 10.9 Å². The number of nitrogens with one attached hydrogen (secondary N) is 1. The summed E-state index contributed by atoms with van der Waals surface area (Å²) in [6.45, 7) is 6.24. The Bertz CT molecular complexity index is 1040. The van der Waals surface area contributed by atoms with Gasteiger partial charge in [-0.25, -0.2) is 0 Å². The monoisotopic (exact) mass is 435 g/mol. The molecule has 2 aromatic heterocycles. The molecule has 4 rings (SSSR count).